The molecule has 0 saturated carbocycles. The van der Waals surface area contributed by atoms with Crippen molar-refractivity contribution in [2.45, 2.75) is 25.4 Å². The second kappa shape index (κ2) is 6.50. The maximum absolute atomic E-state index is 9.25. The largest absolute Gasteiger partial charge is 0.394 e. The molecule has 1 unspecified atom stereocenters. The summed E-state index contributed by atoms with van der Waals surface area (Å²) in [5, 5.41) is 21.1. The van der Waals surface area contributed by atoms with Crippen LogP contribution < -0.4 is 5.32 Å². The van der Waals surface area contributed by atoms with E-state index in [1.807, 2.05) is 12.1 Å². The summed E-state index contributed by atoms with van der Waals surface area (Å²) in [4.78, 5) is 0. The number of aliphatic hydroxyl groups is 2. The van der Waals surface area contributed by atoms with Crippen LogP contribution in [-0.4, -0.2) is 36.0 Å². The third kappa shape index (κ3) is 4.76. The Labute approximate surface area is 111 Å². The molecule has 1 aromatic carbocycles. The molecule has 0 saturated heterocycles. The topological polar surface area (TPSA) is 52.5 Å². The van der Waals surface area contributed by atoms with Crippen LogP contribution >= 0.6 is 15.9 Å². The fourth-order valence-electron chi connectivity index (χ4n) is 1.63. The molecule has 0 radical (unpaired) electrons. The summed E-state index contributed by atoms with van der Waals surface area (Å²) >= 11 is 3.46. The molecule has 1 atom stereocenters. The van der Waals surface area contributed by atoms with Crippen LogP contribution in [0.15, 0.2) is 28.7 Å². The zero-order chi connectivity index (χ0) is 12.9. The number of aliphatic hydroxyl groups excluding tert-OH is 2. The highest BCUT2D eigenvalue weighted by Crippen LogP contribution is 2.24. The van der Waals surface area contributed by atoms with Gasteiger partial charge in [-0.2, -0.15) is 0 Å². The van der Waals surface area contributed by atoms with E-state index in [1.54, 1.807) is 0 Å². The van der Waals surface area contributed by atoms with Crippen LogP contribution in [0.3, 0.4) is 0 Å². The van der Waals surface area contributed by atoms with Crippen molar-refractivity contribution in [2.24, 2.45) is 0 Å². The molecule has 1 rings (SSSR count). The first-order valence-electron chi connectivity index (χ1n) is 5.71. The Bertz CT molecular complexity index is 355. The normalized spacial score (nSPS) is 13.7. The molecule has 4 heteroatoms. The third-order valence-electron chi connectivity index (χ3n) is 2.76. The van der Waals surface area contributed by atoms with Gasteiger partial charge in [-0.3, -0.25) is 0 Å². The number of nitrogens with one attached hydrogen (secondary N) is 1. The molecular weight excluding hydrogens is 282 g/mol. The number of hydrogen-bond acceptors (Lipinski definition) is 3. The van der Waals surface area contributed by atoms with Crippen molar-refractivity contribution in [1.29, 1.82) is 0 Å². The summed E-state index contributed by atoms with van der Waals surface area (Å²) in [7, 11) is 0. The van der Waals surface area contributed by atoms with Gasteiger partial charge < -0.3 is 15.5 Å². The predicted octanol–water partition coefficient (Wildman–Crippen LogP) is 1.67. The van der Waals surface area contributed by atoms with Gasteiger partial charge in [0.1, 0.15) is 0 Å². The number of rotatable bonds is 6. The first-order valence-corrected chi connectivity index (χ1v) is 6.50. The Balaban J connectivity index is 2.56. The third-order valence-corrected chi connectivity index (χ3v) is 3.26. The van der Waals surface area contributed by atoms with Gasteiger partial charge in [0.05, 0.1) is 12.7 Å². The summed E-state index contributed by atoms with van der Waals surface area (Å²) in [5.41, 5.74) is 1.22. The van der Waals surface area contributed by atoms with Crippen LogP contribution in [0.25, 0.3) is 0 Å². The van der Waals surface area contributed by atoms with Crippen molar-refractivity contribution in [2.75, 3.05) is 19.7 Å². The number of halogens is 1. The van der Waals surface area contributed by atoms with E-state index >= 15 is 0 Å². The molecule has 0 aliphatic carbocycles. The van der Waals surface area contributed by atoms with Crippen LogP contribution in [0, 0.1) is 0 Å². The smallest absolute Gasteiger partial charge is 0.0894 e. The SMILES string of the molecule is CC(C)(CNCC(O)CO)c1cccc(Br)c1. The van der Waals surface area contributed by atoms with Gasteiger partial charge in [0.2, 0.25) is 0 Å². The lowest BCUT2D eigenvalue weighted by Crippen LogP contribution is -2.38. The fraction of sp³-hybridized carbons (Fsp3) is 0.538. The Morgan fingerprint density at radius 1 is 1.41 bits per heavy atom. The molecule has 0 aliphatic rings. The van der Waals surface area contributed by atoms with Crippen LogP contribution in [0.5, 0.6) is 0 Å². The van der Waals surface area contributed by atoms with Crippen molar-refractivity contribution < 1.29 is 10.2 Å². The second-order valence-electron chi connectivity index (χ2n) is 4.86. The second-order valence-corrected chi connectivity index (χ2v) is 5.78. The van der Waals surface area contributed by atoms with E-state index in [0.29, 0.717) is 6.54 Å². The van der Waals surface area contributed by atoms with Gasteiger partial charge in [-0.25, -0.2) is 0 Å². The quantitative estimate of drug-likeness (QED) is 0.749. The minimum atomic E-state index is -0.687. The molecule has 0 aliphatic heterocycles. The van der Waals surface area contributed by atoms with Gasteiger partial charge in [-0.15, -0.1) is 0 Å². The predicted molar refractivity (Wildman–Crippen MR) is 73.1 cm³/mol. The van der Waals surface area contributed by atoms with Gasteiger partial charge in [-0.1, -0.05) is 41.9 Å². The molecule has 3 N–H and O–H groups in total. The van der Waals surface area contributed by atoms with Gasteiger partial charge >= 0.3 is 0 Å². The summed E-state index contributed by atoms with van der Waals surface area (Å²) in [5.74, 6) is 0. The summed E-state index contributed by atoms with van der Waals surface area (Å²) < 4.78 is 1.07. The van der Waals surface area contributed by atoms with Gasteiger partial charge in [-0.05, 0) is 17.7 Å². The molecular formula is C13H20BrNO2. The van der Waals surface area contributed by atoms with Gasteiger partial charge in [0, 0.05) is 23.0 Å². The zero-order valence-electron chi connectivity index (χ0n) is 10.3. The van der Waals surface area contributed by atoms with E-state index in [0.717, 1.165) is 11.0 Å². The number of hydrogen-bond donors (Lipinski definition) is 3. The van der Waals surface area contributed by atoms with Crippen molar-refractivity contribution >= 4 is 15.9 Å². The first kappa shape index (κ1) is 14.6. The van der Waals surface area contributed by atoms with E-state index in [2.05, 4.69) is 47.2 Å². The van der Waals surface area contributed by atoms with Gasteiger partial charge in [0.25, 0.3) is 0 Å². The molecule has 0 fully saturated rings. The lowest BCUT2D eigenvalue weighted by molar-refractivity contribution is 0.0934. The lowest BCUT2D eigenvalue weighted by Gasteiger charge is -2.26. The Morgan fingerprint density at radius 2 is 2.12 bits per heavy atom. The summed E-state index contributed by atoms with van der Waals surface area (Å²) in [6.45, 7) is 5.25. The van der Waals surface area contributed by atoms with E-state index in [1.165, 1.54) is 5.56 Å². The maximum atomic E-state index is 9.25. The maximum Gasteiger partial charge on any atom is 0.0894 e. The Kier molecular flexibility index (Phi) is 5.59. The van der Waals surface area contributed by atoms with E-state index < -0.39 is 6.10 Å². The standard InChI is InChI=1S/C13H20BrNO2/c1-13(2,9-15-7-12(17)8-16)10-4-3-5-11(14)6-10/h3-6,12,15-17H,7-9H2,1-2H3. The molecule has 0 spiro atoms. The molecule has 0 bridgehead atoms. The monoisotopic (exact) mass is 301 g/mol. The Hall–Kier alpha value is -0.420. The highest BCUT2D eigenvalue weighted by molar-refractivity contribution is 9.10. The minimum Gasteiger partial charge on any atom is -0.394 e. The molecule has 0 amide bonds. The zero-order valence-corrected chi connectivity index (χ0v) is 11.9. The lowest BCUT2D eigenvalue weighted by atomic mass is 9.84. The molecule has 1 aromatic rings. The summed E-state index contributed by atoms with van der Waals surface area (Å²) in [6, 6.07) is 8.21. The highest BCUT2D eigenvalue weighted by Gasteiger charge is 2.20. The molecule has 0 aromatic heterocycles. The highest BCUT2D eigenvalue weighted by atomic mass is 79.9. The fourth-order valence-corrected chi connectivity index (χ4v) is 2.03. The van der Waals surface area contributed by atoms with Crippen molar-refractivity contribution in [1.82, 2.24) is 5.32 Å². The Morgan fingerprint density at radius 3 is 2.71 bits per heavy atom. The van der Waals surface area contributed by atoms with Crippen molar-refractivity contribution in [3.63, 3.8) is 0 Å². The first-order chi connectivity index (χ1) is 7.95. The van der Waals surface area contributed by atoms with Crippen LogP contribution in [0.2, 0.25) is 0 Å². The average molecular weight is 302 g/mol. The van der Waals surface area contributed by atoms with Crippen molar-refractivity contribution in [3.05, 3.63) is 34.3 Å². The number of benzene rings is 1. The molecule has 0 heterocycles. The molecule has 3 nitrogen and oxygen atoms in total. The van der Waals surface area contributed by atoms with E-state index in [-0.39, 0.29) is 12.0 Å². The van der Waals surface area contributed by atoms with Crippen LogP contribution in [0.4, 0.5) is 0 Å². The van der Waals surface area contributed by atoms with E-state index in [4.69, 9.17) is 5.11 Å². The van der Waals surface area contributed by atoms with Crippen molar-refractivity contribution in [3.8, 4) is 0 Å². The molecule has 96 valence electrons. The van der Waals surface area contributed by atoms with Crippen LogP contribution in [-0.2, 0) is 5.41 Å². The van der Waals surface area contributed by atoms with Crippen LogP contribution in [0.1, 0.15) is 19.4 Å². The van der Waals surface area contributed by atoms with E-state index in [9.17, 15) is 5.11 Å². The summed E-state index contributed by atoms with van der Waals surface area (Å²) in [6.07, 6.45) is -0.687. The average Bonchev–Trinajstić information content (AvgIpc) is 2.28. The minimum absolute atomic E-state index is 0.0149. The molecule has 17 heavy (non-hydrogen) atoms. The van der Waals surface area contributed by atoms with Gasteiger partial charge in [0.15, 0.2) is 0 Å².